The van der Waals surface area contributed by atoms with Gasteiger partial charge >= 0.3 is 0 Å². The Bertz CT molecular complexity index is 1010. The maximum Gasteiger partial charge on any atom is 0.254 e. The molecule has 0 radical (unpaired) electrons. The molecule has 0 fully saturated rings. The number of amides is 1. The Balaban J connectivity index is 1.71. The largest absolute Gasteiger partial charge is 0.337 e. The second kappa shape index (κ2) is 7.89. The van der Waals surface area contributed by atoms with Gasteiger partial charge in [0.1, 0.15) is 6.54 Å². The molecule has 1 N–H and O–H groups in total. The molecule has 0 atom stereocenters. The van der Waals surface area contributed by atoms with Crippen molar-refractivity contribution in [2.75, 3.05) is 17.5 Å². The first-order chi connectivity index (χ1) is 12.9. The number of carbonyl (C=O) groups is 1. The molecule has 3 rings (SSSR count). The summed E-state index contributed by atoms with van der Waals surface area (Å²) >= 11 is 1.51. The highest BCUT2D eigenvalue weighted by molar-refractivity contribution is 7.92. The van der Waals surface area contributed by atoms with Crippen LogP contribution in [-0.2, 0) is 16.6 Å². The number of carbonyl (C=O) groups excluding carboxylic acids is 1. The third-order valence-electron chi connectivity index (χ3n) is 3.64. The van der Waals surface area contributed by atoms with Gasteiger partial charge in [0.15, 0.2) is 0 Å². The van der Waals surface area contributed by atoms with Crippen molar-refractivity contribution in [3.8, 4) is 10.7 Å². The van der Waals surface area contributed by atoms with Crippen molar-refractivity contribution < 1.29 is 17.7 Å². The maximum atomic E-state index is 12.7. The van der Waals surface area contributed by atoms with E-state index >= 15 is 0 Å². The fourth-order valence-corrected chi connectivity index (χ4v) is 3.61. The topological polar surface area (TPSA) is 105 Å². The quantitative estimate of drug-likeness (QED) is 0.647. The normalized spacial score (nSPS) is 11.3. The van der Waals surface area contributed by atoms with Gasteiger partial charge in [0.25, 0.3) is 5.91 Å². The Morgan fingerprint density at radius 3 is 2.59 bits per heavy atom. The molecule has 3 aromatic rings. The zero-order valence-electron chi connectivity index (χ0n) is 14.7. The van der Waals surface area contributed by atoms with Gasteiger partial charge in [-0.25, -0.2) is 8.42 Å². The summed E-state index contributed by atoms with van der Waals surface area (Å²) in [5.74, 6) is 0.642. The lowest BCUT2D eigenvalue weighted by Crippen LogP contribution is -2.30. The third-order valence-corrected chi connectivity index (χ3v) is 5.11. The number of sulfonamides is 1. The maximum absolute atomic E-state index is 12.7. The summed E-state index contributed by atoms with van der Waals surface area (Å²) in [5, 5.41) is 5.87. The van der Waals surface area contributed by atoms with Gasteiger partial charge in [0, 0.05) is 17.8 Å². The smallest absolute Gasteiger partial charge is 0.254 e. The van der Waals surface area contributed by atoms with Crippen LogP contribution in [0.3, 0.4) is 0 Å². The molecule has 0 saturated carbocycles. The lowest BCUT2D eigenvalue weighted by molar-refractivity contribution is 0.0734. The fourth-order valence-electron chi connectivity index (χ4n) is 2.39. The van der Waals surface area contributed by atoms with Crippen molar-refractivity contribution >= 4 is 33.0 Å². The number of nitrogens with zero attached hydrogens (tertiary/aromatic N) is 3. The minimum absolute atomic E-state index is 0.192. The van der Waals surface area contributed by atoms with Crippen LogP contribution in [0, 0.1) is 0 Å². The van der Waals surface area contributed by atoms with Crippen molar-refractivity contribution in [3.63, 3.8) is 0 Å². The Morgan fingerprint density at radius 1 is 1.26 bits per heavy atom. The molecular formula is C17H18N4O4S2. The number of anilines is 1. The Hall–Kier alpha value is -2.72. The second-order valence-corrected chi connectivity index (χ2v) is 8.46. The summed E-state index contributed by atoms with van der Waals surface area (Å²) in [6.07, 6.45) is 1.07. The molecule has 0 aliphatic carbocycles. The molecule has 1 amide bonds. The van der Waals surface area contributed by atoms with Gasteiger partial charge in [-0.15, -0.1) is 11.3 Å². The molecule has 2 aromatic heterocycles. The van der Waals surface area contributed by atoms with Gasteiger partial charge < -0.3 is 9.42 Å². The van der Waals surface area contributed by atoms with E-state index in [4.69, 9.17) is 4.52 Å². The molecule has 2 heterocycles. The van der Waals surface area contributed by atoms with Crippen molar-refractivity contribution in [1.82, 2.24) is 15.0 Å². The molecule has 10 heteroatoms. The van der Waals surface area contributed by atoms with Crippen LogP contribution in [0.2, 0.25) is 0 Å². The predicted molar refractivity (Wildman–Crippen MR) is 103 cm³/mol. The van der Waals surface area contributed by atoms with Crippen LogP contribution in [0.1, 0.15) is 23.2 Å². The predicted octanol–water partition coefficient (Wildman–Crippen LogP) is 2.83. The fraction of sp³-hybridized carbons (Fsp3) is 0.235. The van der Waals surface area contributed by atoms with E-state index in [1.165, 1.54) is 11.3 Å². The van der Waals surface area contributed by atoms with Crippen molar-refractivity contribution in [1.29, 1.82) is 0 Å². The Morgan fingerprint density at radius 2 is 2.00 bits per heavy atom. The Kier molecular flexibility index (Phi) is 5.57. The molecule has 0 unspecified atom stereocenters. The van der Waals surface area contributed by atoms with Gasteiger partial charge in [-0.3, -0.25) is 9.52 Å². The van der Waals surface area contributed by atoms with Crippen LogP contribution in [0.15, 0.2) is 46.3 Å². The lowest BCUT2D eigenvalue weighted by Gasteiger charge is -2.19. The van der Waals surface area contributed by atoms with Gasteiger partial charge in [0.2, 0.25) is 21.7 Å². The molecule has 0 saturated heterocycles. The molecule has 0 aliphatic heterocycles. The first-order valence-corrected chi connectivity index (χ1v) is 10.9. The second-order valence-electron chi connectivity index (χ2n) is 5.76. The number of thiophene rings is 1. The first kappa shape index (κ1) is 19.1. The first-order valence-electron chi connectivity index (χ1n) is 8.09. The van der Waals surface area contributed by atoms with E-state index in [1.807, 2.05) is 24.4 Å². The van der Waals surface area contributed by atoms with Gasteiger partial charge in [0.05, 0.1) is 11.1 Å². The lowest BCUT2D eigenvalue weighted by atomic mass is 10.2. The molecule has 0 bridgehead atoms. The summed E-state index contributed by atoms with van der Waals surface area (Å²) in [6.45, 7) is 2.50. The molecular weight excluding hydrogens is 388 g/mol. The van der Waals surface area contributed by atoms with Gasteiger partial charge in [-0.1, -0.05) is 11.2 Å². The summed E-state index contributed by atoms with van der Waals surface area (Å²) in [4.78, 5) is 19.5. The van der Waals surface area contributed by atoms with Crippen molar-refractivity contribution in [3.05, 3.63) is 53.2 Å². The SMILES string of the molecule is CCN(Cc1nc(-c2cccs2)no1)C(=O)c1ccc(NS(C)(=O)=O)cc1. The molecule has 0 spiro atoms. The molecule has 27 heavy (non-hydrogen) atoms. The van der Waals surface area contributed by atoms with E-state index in [2.05, 4.69) is 14.9 Å². The molecule has 1 aromatic carbocycles. The minimum Gasteiger partial charge on any atom is -0.337 e. The van der Waals surface area contributed by atoms with Crippen LogP contribution < -0.4 is 4.72 Å². The number of rotatable bonds is 7. The highest BCUT2D eigenvalue weighted by atomic mass is 32.2. The van der Waals surface area contributed by atoms with Crippen LogP contribution >= 0.6 is 11.3 Å². The standard InChI is InChI=1S/C17H18N4O4S2/c1-3-21(11-15-18-16(19-25-15)14-5-4-10-26-14)17(22)12-6-8-13(9-7-12)20-27(2,23)24/h4-10,20H,3,11H2,1-2H3. The van der Waals surface area contributed by atoms with Gasteiger partial charge in [-0.2, -0.15) is 4.98 Å². The van der Waals surface area contributed by atoms with Crippen molar-refractivity contribution in [2.24, 2.45) is 0 Å². The van der Waals surface area contributed by atoms with E-state index in [0.29, 0.717) is 29.5 Å². The van der Waals surface area contributed by atoms with E-state index in [-0.39, 0.29) is 12.5 Å². The summed E-state index contributed by atoms with van der Waals surface area (Å²) in [6, 6.07) is 10.0. The van der Waals surface area contributed by atoms with Crippen LogP contribution in [0.5, 0.6) is 0 Å². The van der Waals surface area contributed by atoms with Crippen LogP contribution in [0.25, 0.3) is 10.7 Å². The van der Waals surface area contributed by atoms with E-state index in [9.17, 15) is 13.2 Å². The van der Waals surface area contributed by atoms with E-state index in [1.54, 1.807) is 29.2 Å². The van der Waals surface area contributed by atoms with Gasteiger partial charge in [-0.05, 0) is 42.6 Å². The third kappa shape index (κ3) is 4.92. The molecule has 142 valence electrons. The highest BCUT2D eigenvalue weighted by Crippen LogP contribution is 2.22. The number of hydrogen-bond donors (Lipinski definition) is 1. The van der Waals surface area contributed by atoms with E-state index < -0.39 is 10.0 Å². The van der Waals surface area contributed by atoms with Crippen LogP contribution in [0.4, 0.5) is 5.69 Å². The summed E-state index contributed by atoms with van der Waals surface area (Å²) < 4.78 is 30.1. The monoisotopic (exact) mass is 406 g/mol. The number of nitrogens with one attached hydrogen (secondary N) is 1. The summed E-state index contributed by atoms with van der Waals surface area (Å²) in [5.41, 5.74) is 0.837. The average molecular weight is 406 g/mol. The van der Waals surface area contributed by atoms with E-state index in [0.717, 1.165) is 11.1 Å². The van der Waals surface area contributed by atoms with Crippen molar-refractivity contribution in [2.45, 2.75) is 13.5 Å². The molecule has 0 aliphatic rings. The zero-order chi connectivity index (χ0) is 19.4. The number of aromatic nitrogens is 2. The number of benzene rings is 1. The number of hydrogen-bond acceptors (Lipinski definition) is 7. The zero-order valence-corrected chi connectivity index (χ0v) is 16.4. The Labute approximate surface area is 160 Å². The highest BCUT2D eigenvalue weighted by Gasteiger charge is 2.18. The summed E-state index contributed by atoms with van der Waals surface area (Å²) in [7, 11) is -3.36. The average Bonchev–Trinajstić information content (AvgIpc) is 3.30. The van der Waals surface area contributed by atoms with Crippen LogP contribution in [-0.4, -0.2) is 42.2 Å². The minimum atomic E-state index is -3.36. The molecule has 8 nitrogen and oxygen atoms in total.